The fourth-order valence-corrected chi connectivity index (χ4v) is 3.28. The van der Waals surface area contributed by atoms with Crippen LogP contribution in [-0.4, -0.2) is 58.6 Å². The Morgan fingerprint density at radius 1 is 1.15 bits per heavy atom. The van der Waals surface area contributed by atoms with Gasteiger partial charge in [-0.15, -0.1) is 0 Å². The number of rotatable bonds is 7. The first kappa shape index (κ1) is 20.7. The molecule has 1 heterocycles. The molecule has 7 nitrogen and oxygen atoms in total. The van der Waals surface area contributed by atoms with Gasteiger partial charge in [-0.25, -0.2) is 19.6 Å². The molecule has 1 saturated heterocycles. The molecule has 1 aliphatic heterocycles. The van der Waals surface area contributed by atoms with Gasteiger partial charge in [-0.05, 0) is 18.4 Å². The fraction of sp³-hybridized carbons (Fsp3) is 0.550. The van der Waals surface area contributed by atoms with Crippen LogP contribution in [0.1, 0.15) is 39.7 Å². The van der Waals surface area contributed by atoms with Crippen molar-refractivity contribution in [2.24, 2.45) is 5.92 Å². The van der Waals surface area contributed by atoms with Crippen molar-refractivity contribution >= 4 is 17.9 Å². The molecule has 0 aliphatic carbocycles. The predicted molar refractivity (Wildman–Crippen MR) is 101 cm³/mol. The Hall–Kier alpha value is -2.57. The SMILES string of the molecule is CCOC(=O)[C@H](C(C)CC)N1CCN(C(C)=O)N(Cc2ccccc2)C1=O. The summed E-state index contributed by atoms with van der Waals surface area (Å²) in [5, 5.41) is 2.88. The van der Waals surface area contributed by atoms with Crippen molar-refractivity contribution in [2.45, 2.75) is 46.7 Å². The standard InChI is InChI=1S/C20H29N3O4/c1-5-15(3)18(19(25)27-6-2)21-12-13-22(16(4)24)23(20(21)26)14-17-10-8-7-9-11-17/h7-11,15,18H,5-6,12-14H2,1-4H3/t15?,18-/m0/s1. The number of hydrazine groups is 1. The lowest BCUT2D eigenvalue weighted by Gasteiger charge is -2.46. The summed E-state index contributed by atoms with van der Waals surface area (Å²) in [4.78, 5) is 39.4. The fourth-order valence-electron chi connectivity index (χ4n) is 3.28. The van der Waals surface area contributed by atoms with Gasteiger partial charge in [0, 0.05) is 13.5 Å². The molecule has 0 spiro atoms. The molecule has 3 amide bonds. The summed E-state index contributed by atoms with van der Waals surface area (Å²) in [5.74, 6) is -0.637. The smallest absolute Gasteiger partial charge is 0.340 e. The van der Waals surface area contributed by atoms with Crippen LogP contribution in [-0.2, 0) is 20.9 Å². The van der Waals surface area contributed by atoms with Crippen molar-refractivity contribution < 1.29 is 19.1 Å². The Morgan fingerprint density at radius 3 is 2.37 bits per heavy atom. The molecule has 0 bridgehead atoms. The van der Waals surface area contributed by atoms with E-state index in [4.69, 9.17) is 4.74 Å². The van der Waals surface area contributed by atoms with Gasteiger partial charge in [-0.1, -0.05) is 50.6 Å². The molecule has 148 valence electrons. The summed E-state index contributed by atoms with van der Waals surface area (Å²) in [6.45, 7) is 8.30. The number of esters is 1. The molecule has 1 aliphatic rings. The second-order valence-corrected chi connectivity index (χ2v) is 6.74. The molecule has 1 fully saturated rings. The maximum absolute atomic E-state index is 13.3. The van der Waals surface area contributed by atoms with Crippen LogP contribution < -0.4 is 0 Å². The molecule has 0 N–H and O–H groups in total. The number of nitrogens with zero attached hydrogens (tertiary/aromatic N) is 3. The van der Waals surface area contributed by atoms with E-state index in [1.54, 1.807) is 11.8 Å². The zero-order valence-electron chi connectivity index (χ0n) is 16.6. The van der Waals surface area contributed by atoms with E-state index in [1.165, 1.54) is 16.9 Å². The van der Waals surface area contributed by atoms with E-state index in [1.807, 2.05) is 44.2 Å². The third-order valence-electron chi connectivity index (χ3n) is 4.90. The summed E-state index contributed by atoms with van der Waals surface area (Å²) in [5.41, 5.74) is 0.912. The van der Waals surface area contributed by atoms with Gasteiger partial charge in [0.1, 0.15) is 6.04 Å². The number of benzene rings is 1. The van der Waals surface area contributed by atoms with E-state index in [-0.39, 0.29) is 31.0 Å². The second kappa shape index (κ2) is 9.39. The Bertz CT molecular complexity index is 664. The van der Waals surface area contributed by atoms with Crippen LogP contribution in [0.4, 0.5) is 4.79 Å². The zero-order valence-corrected chi connectivity index (χ0v) is 16.6. The van der Waals surface area contributed by atoms with Gasteiger partial charge in [0.15, 0.2) is 0 Å². The molecule has 0 saturated carbocycles. The summed E-state index contributed by atoms with van der Waals surface area (Å²) >= 11 is 0. The van der Waals surface area contributed by atoms with Crippen molar-refractivity contribution in [3.8, 4) is 0 Å². The van der Waals surface area contributed by atoms with Gasteiger partial charge < -0.3 is 9.64 Å². The Morgan fingerprint density at radius 2 is 1.81 bits per heavy atom. The molecule has 2 atom stereocenters. The van der Waals surface area contributed by atoms with E-state index in [9.17, 15) is 14.4 Å². The monoisotopic (exact) mass is 375 g/mol. The maximum Gasteiger partial charge on any atom is 0.340 e. The normalized spacial score (nSPS) is 16.9. The van der Waals surface area contributed by atoms with Crippen molar-refractivity contribution in [3.05, 3.63) is 35.9 Å². The van der Waals surface area contributed by atoms with Gasteiger partial charge in [0.25, 0.3) is 0 Å². The Kier molecular flexibility index (Phi) is 7.21. The van der Waals surface area contributed by atoms with Crippen molar-refractivity contribution in [1.29, 1.82) is 0 Å². The molecule has 7 heteroatoms. The van der Waals surface area contributed by atoms with Crippen LogP contribution in [0.3, 0.4) is 0 Å². The lowest BCUT2D eigenvalue weighted by Crippen LogP contribution is -2.64. The number of carbonyl (C=O) groups is 3. The molecule has 1 aromatic carbocycles. The summed E-state index contributed by atoms with van der Waals surface area (Å²) in [6, 6.07) is 8.48. The molecule has 1 unspecified atom stereocenters. The van der Waals surface area contributed by atoms with E-state index in [0.717, 1.165) is 12.0 Å². The minimum atomic E-state index is -0.658. The van der Waals surface area contributed by atoms with Gasteiger partial charge >= 0.3 is 12.0 Å². The van der Waals surface area contributed by atoms with E-state index in [2.05, 4.69) is 0 Å². The summed E-state index contributed by atoms with van der Waals surface area (Å²) in [7, 11) is 0. The Balaban J connectivity index is 2.31. The van der Waals surface area contributed by atoms with Crippen LogP contribution in [0.2, 0.25) is 0 Å². The second-order valence-electron chi connectivity index (χ2n) is 6.74. The van der Waals surface area contributed by atoms with Crippen molar-refractivity contribution in [3.63, 3.8) is 0 Å². The first-order chi connectivity index (χ1) is 12.9. The minimum absolute atomic E-state index is 0.0459. The minimum Gasteiger partial charge on any atom is -0.464 e. The highest BCUT2D eigenvalue weighted by Gasteiger charge is 2.41. The number of urea groups is 1. The van der Waals surface area contributed by atoms with Gasteiger partial charge in [0.05, 0.1) is 19.7 Å². The highest BCUT2D eigenvalue weighted by Crippen LogP contribution is 2.23. The van der Waals surface area contributed by atoms with Crippen LogP contribution in [0.25, 0.3) is 0 Å². The lowest BCUT2D eigenvalue weighted by atomic mass is 9.97. The Labute approximate surface area is 160 Å². The largest absolute Gasteiger partial charge is 0.464 e. The third kappa shape index (κ3) is 4.78. The third-order valence-corrected chi connectivity index (χ3v) is 4.90. The molecule has 0 aromatic heterocycles. The average Bonchev–Trinajstić information content (AvgIpc) is 2.65. The quantitative estimate of drug-likeness (QED) is 0.687. The molecule has 27 heavy (non-hydrogen) atoms. The molecule has 0 radical (unpaired) electrons. The first-order valence-electron chi connectivity index (χ1n) is 9.47. The highest BCUT2D eigenvalue weighted by molar-refractivity contribution is 5.86. The number of carbonyl (C=O) groups excluding carboxylic acids is 3. The predicted octanol–water partition coefficient (Wildman–Crippen LogP) is 2.67. The van der Waals surface area contributed by atoms with Crippen LogP contribution >= 0.6 is 0 Å². The van der Waals surface area contributed by atoms with Crippen LogP contribution in [0.15, 0.2) is 30.3 Å². The molecule has 1 aromatic rings. The van der Waals surface area contributed by atoms with E-state index < -0.39 is 12.0 Å². The lowest BCUT2D eigenvalue weighted by molar-refractivity contribution is -0.156. The summed E-state index contributed by atoms with van der Waals surface area (Å²) in [6.07, 6.45) is 0.738. The number of hydrogen-bond donors (Lipinski definition) is 0. The average molecular weight is 375 g/mol. The van der Waals surface area contributed by atoms with Crippen molar-refractivity contribution in [1.82, 2.24) is 14.9 Å². The van der Waals surface area contributed by atoms with Crippen molar-refractivity contribution in [2.75, 3.05) is 19.7 Å². The highest BCUT2D eigenvalue weighted by atomic mass is 16.5. The molecular weight excluding hydrogens is 346 g/mol. The summed E-state index contributed by atoms with van der Waals surface area (Å²) < 4.78 is 5.22. The van der Waals surface area contributed by atoms with Gasteiger partial charge in [-0.3, -0.25) is 4.79 Å². The molecular formula is C20H29N3O4. The van der Waals surface area contributed by atoms with Crippen LogP contribution in [0, 0.1) is 5.92 Å². The maximum atomic E-state index is 13.3. The number of hydrogen-bond acceptors (Lipinski definition) is 4. The zero-order chi connectivity index (χ0) is 20.0. The van der Waals surface area contributed by atoms with Gasteiger partial charge in [-0.2, -0.15) is 0 Å². The van der Waals surface area contributed by atoms with Gasteiger partial charge in [0.2, 0.25) is 5.91 Å². The topological polar surface area (TPSA) is 70.2 Å². The number of ether oxygens (including phenoxy) is 1. The first-order valence-corrected chi connectivity index (χ1v) is 9.47. The van der Waals surface area contributed by atoms with E-state index in [0.29, 0.717) is 13.1 Å². The van der Waals surface area contributed by atoms with E-state index >= 15 is 0 Å². The molecule has 2 rings (SSSR count). The van der Waals surface area contributed by atoms with Crippen LogP contribution in [0.5, 0.6) is 0 Å². The number of amides is 3.